The smallest absolute Gasteiger partial charge is 0.234 e. The maximum absolute atomic E-state index is 12.8. The lowest BCUT2D eigenvalue weighted by Gasteiger charge is -2.20. The highest BCUT2D eigenvalue weighted by Gasteiger charge is 2.17. The van der Waals surface area contributed by atoms with Crippen molar-refractivity contribution < 1.29 is 9.59 Å². The summed E-state index contributed by atoms with van der Waals surface area (Å²) in [6.07, 6.45) is 0. The minimum atomic E-state index is -0.110. The number of anilines is 2. The molecular formula is C32H40N2O2S2. The van der Waals surface area contributed by atoms with Crippen LogP contribution >= 0.6 is 23.5 Å². The van der Waals surface area contributed by atoms with Gasteiger partial charge in [0.25, 0.3) is 0 Å². The standard InChI is InChI=1S/C32H40N2O2S2/c1-21-13-15-23(31(3,4)5)17-27(21)37-19-29(35)33-25-11-9-10-12-26(25)34-30(36)20-38-28-18-24(32(6,7)8)16-14-22(28)2/h9-18H,19-20H2,1-8H3,(H,33,35)(H,34,36). The van der Waals surface area contributed by atoms with Crippen molar-refractivity contribution in [2.75, 3.05) is 22.1 Å². The minimum Gasteiger partial charge on any atom is -0.324 e. The zero-order valence-electron chi connectivity index (χ0n) is 23.8. The van der Waals surface area contributed by atoms with Crippen LogP contribution in [0.2, 0.25) is 0 Å². The first-order chi connectivity index (χ1) is 17.7. The van der Waals surface area contributed by atoms with Crippen molar-refractivity contribution in [3.05, 3.63) is 82.9 Å². The van der Waals surface area contributed by atoms with Crippen molar-refractivity contribution in [1.82, 2.24) is 0 Å². The fourth-order valence-electron chi connectivity index (χ4n) is 3.80. The third kappa shape index (κ3) is 8.40. The summed E-state index contributed by atoms with van der Waals surface area (Å²) < 4.78 is 0. The van der Waals surface area contributed by atoms with Crippen LogP contribution in [0, 0.1) is 13.8 Å². The second-order valence-corrected chi connectivity index (χ2v) is 13.7. The van der Waals surface area contributed by atoms with Gasteiger partial charge in [-0.1, -0.05) is 77.9 Å². The Bertz CT molecular complexity index is 1200. The van der Waals surface area contributed by atoms with Gasteiger partial charge >= 0.3 is 0 Å². The Kier molecular flexibility index (Phi) is 9.77. The van der Waals surface area contributed by atoms with E-state index in [1.807, 2.05) is 24.3 Å². The van der Waals surface area contributed by atoms with Crippen molar-refractivity contribution in [3.8, 4) is 0 Å². The average molecular weight is 549 g/mol. The zero-order chi connectivity index (χ0) is 28.1. The van der Waals surface area contributed by atoms with E-state index in [1.54, 1.807) is 0 Å². The van der Waals surface area contributed by atoms with Crippen LogP contribution in [-0.2, 0) is 20.4 Å². The number of rotatable bonds is 8. The molecule has 0 saturated carbocycles. The van der Waals surface area contributed by atoms with E-state index in [2.05, 4.69) is 102 Å². The van der Waals surface area contributed by atoms with Crippen LogP contribution in [0.5, 0.6) is 0 Å². The molecule has 0 fully saturated rings. The van der Waals surface area contributed by atoms with Gasteiger partial charge in [-0.2, -0.15) is 0 Å². The van der Waals surface area contributed by atoms with E-state index in [1.165, 1.54) is 34.7 Å². The first kappa shape index (κ1) is 29.9. The molecule has 0 unspecified atom stereocenters. The molecule has 0 aromatic heterocycles. The lowest BCUT2D eigenvalue weighted by Crippen LogP contribution is -2.19. The number of thioether (sulfide) groups is 2. The monoisotopic (exact) mass is 548 g/mol. The lowest BCUT2D eigenvalue weighted by atomic mass is 9.87. The summed E-state index contributed by atoms with van der Waals surface area (Å²) in [7, 11) is 0. The molecule has 2 N–H and O–H groups in total. The molecule has 0 atom stereocenters. The van der Waals surface area contributed by atoms with E-state index in [9.17, 15) is 9.59 Å². The van der Waals surface area contributed by atoms with Gasteiger partial charge < -0.3 is 10.6 Å². The Balaban J connectivity index is 1.61. The number of benzene rings is 3. The molecule has 4 nitrogen and oxygen atoms in total. The van der Waals surface area contributed by atoms with E-state index in [0.29, 0.717) is 11.4 Å². The van der Waals surface area contributed by atoms with Gasteiger partial charge in [-0.15, -0.1) is 23.5 Å². The van der Waals surface area contributed by atoms with Gasteiger partial charge in [0.2, 0.25) is 11.8 Å². The average Bonchev–Trinajstić information content (AvgIpc) is 2.82. The fourth-order valence-corrected chi connectivity index (χ4v) is 5.53. The van der Waals surface area contributed by atoms with Gasteiger partial charge in [0.15, 0.2) is 0 Å². The second kappa shape index (κ2) is 12.4. The molecule has 0 aliphatic rings. The zero-order valence-corrected chi connectivity index (χ0v) is 25.5. The summed E-state index contributed by atoms with van der Waals surface area (Å²) in [4.78, 5) is 27.9. The number of hydrogen-bond acceptors (Lipinski definition) is 4. The van der Waals surface area contributed by atoms with Gasteiger partial charge in [-0.25, -0.2) is 0 Å². The molecule has 202 valence electrons. The second-order valence-electron chi connectivity index (χ2n) is 11.7. The van der Waals surface area contributed by atoms with Crippen LogP contribution in [0.1, 0.15) is 63.8 Å². The van der Waals surface area contributed by atoms with Crippen molar-refractivity contribution >= 4 is 46.7 Å². The summed E-state index contributed by atoms with van der Waals surface area (Å²) in [6.45, 7) is 17.3. The van der Waals surface area contributed by atoms with E-state index < -0.39 is 0 Å². The summed E-state index contributed by atoms with van der Waals surface area (Å²) >= 11 is 3.06. The predicted molar refractivity (Wildman–Crippen MR) is 165 cm³/mol. The third-order valence-corrected chi connectivity index (χ3v) is 8.62. The summed E-state index contributed by atoms with van der Waals surface area (Å²) in [6, 6.07) is 20.2. The molecule has 3 aromatic carbocycles. The maximum Gasteiger partial charge on any atom is 0.234 e. The quantitative estimate of drug-likeness (QED) is 0.278. The molecule has 0 spiro atoms. The Labute approximate surface area is 236 Å². The largest absolute Gasteiger partial charge is 0.324 e. The number of carbonyl (C=O) groups is 2. The van der Waals surface area contributed by atoms with Crippen LogP contribution in [0.3, 0.4) is 0 Å². The molecule has 0 bridgehead atoms. The summed E-state index contributed by atoms with van der Waals surface area (Å²) in [5, 5.41) is 5.95. The number of aryl methyl sites for hydroxylation is 2. The number of nitrogens with one attached hydrogen (secondary N) is 2. The molecule has 3 rings (SSSR count). The van der Waals surface area contributed by atoms with Crippen LogP contribution in [-0.4, -0.2) is 23.3 Å². The van der Waals surface area contributed by atoms with E-state index in [0.717, 1.165) is 20.9 Å². The van der Waals surface area contributed by atoms with Crippen molar-refractivity contribution in [2.45, 2.75) is 76.0 Å². The first-order valence-corrected chi connectivity index (χ1v) is 14.9. The van der Waals surface area contributed by atoms with E-state index >= 15 is 0 Å². The number of hydrogen-bond donors (Lipinski definition) is 2. The van der Waals surface area contributed by atoms with Crippen molar-refractivity contribution in [3.63, 3.8) is 0 Å². The lowest BCUT2D eigenvalue weighted by molar-refractivity contribution is -0.114. The van der Waals surface area contributed by atoms with Crippen LogP contribution < -0.4 is 10.6 Å². The van der Waals surface area contributed by atoms with Crippen LogP contribution in [0.15, 0.2) is 70.5 Å². The topological polar surface area (TPSA) is 58.2 Å². The highest BCUT2D eigenvalue weighted by molar-refractivity contribution is 8.00. The molecule has 3 aromatic rings. The Morgan fingerprint density at radius 3 is 1.34 bits per heavy atom. The Morgan fingerprint density at radius 1 is 0.632 bits per heavy atom. The highest BCUT2D eigenvalue weighted by Crippen LogP contribution is 2.31. The van der Waals surface area contributed by atoms with Crippen LogP contribution in [0.4, 0.5) is 11.4 Å². The van der Waals surface area contributed by atoms with Crippen molar-refractivity contribution in [2.24, 2.45) is 0 Å². The summed E-state index contributed by atoms with van der Waals surface area (Å²) in [5.74, 6) is 0.355. The van der Waals surface area contributed by atoms with E-state index in [4.69, 9.17) is 0 Å². The predicted octanol–water partition coefficient (Wildman–Crippen LogP) is 8.36. The molecule has 2 amide bonds. The Morgan fingerprint density at radius 2 is 1.00 bits per heavy atom. The molecule has 38 heavy (non-hydrogen) atoms. The van der Waals surface area contributed by atoms with Crippen molar-refractivity contribution in [1.29, 1.82) is 0 Å². The molecule has 6 heteroatoms. The molecular weight excluding hydrogens is 508 g/mol. The Hall–Kier alpha value is -2.70. The normalized spacial score (nSPS) is 11.8. The third-order valence-electron chi connectivity index (χ3n) is 6.30. The van der Waals surface area contributed by atoms with Crippen LogP contribution in [0.25, 0.3) is 0 Å². The molecule has 0 saturated heterocycles. The maximum atomic E-state index is 12.8. The minimum absolute atomic E-state index is 0.0504. The van der Waals surface area contributed by atoms with Gasteiger partial charge in [-0.05, 0) is 71.2 Å². The number of para-hydroxylation sites is 2. The van der Waals surface area contributed by atoms with Gasteiger partial charge in [0.1, 0.15) is 0 Å². The van der Waals surface area contributed by atoms with Gasteiger partial charge in [0, 0.05) is 9.79 Å². The molecule has 0 radical (unpaired) electrons. The fraction of sp³-hybridized carbons (Fsp3) is 0.375. The molecule has 0 aliphatic heterocycles. The summed E-state index contributed by atoms with van der Waals surface area (Å²) in [5.41, 5.74) is 6.11. The highest BCUT2D eigenvalue weighted by atomic mass is 32.2. The molecule has 0 heterocycles. The number of carbonyl (C=O) groups excluding carboxylic acids is 2. The first-order valence-electron chi connectivity index (χ1n) is 12.9. The number of amides is 2. The molecule has 0 aliphatic carbocycles. The van der Waals surface area contributed by atoms with Gasteiger partial charge in [-0.3, -0.25) is 9.59 Å². The van der Waals surface area contributed by atoms with E-state index in [-0.39, 0.29) is 34.2 Å². The van der Waals surface area contributed by atoms with Gasteiger partial charge in [0.05, 0.1) is 22.9 Å². The SMILES string of the molecule is Cc1ccc(C(C)(C)C)cc1SCC(=O)Nc1ccccc1NC(=O)CSc1cc(C(C)(C)C)ccc1C.